The lowest BCUT2D eigenvalue weighted by Gasteiger charge is -2.31. The highest BCUT2D eigenvalue weighted by atomic mass is 16.5. The van der Waals surface area contributed by atoms with Crippen LogP contribution in [0, 0.1) is 5.92 Å². The third-order valence-corrected chi connectivity index (χ3v) is 5.41. The summed E-state index contributed by atoms with van der Waals surface area (Å²) in [6.07, 6.45) is 4.49. The summed E-state index contributed by atoms with van der Waals surface area (Å²) in [5, 5.41) is 7.09. The fourth-order valence-electron chi connectivity index (χ4n) is 3.74. The van der Waals surface area contributed by atoms with Crippen molar-refractivity contribution in [2.45, 2.75) is 50.6 Å². The lowest BCUT2D eigenvalue weighted by Crippen LogP contribution is -2.42. The number of hydrogen-bond acceptors (Lipinski definition) is 5. The summed E-state index contributed by atoms with van der Waals surface area (Å²) < 4.78 is 10.7. The Hall–Kier alpha value is -1.40. The number of amides is 1. The van der Waals surface area contributed by atoms with Gasteiger partial charge in [0, 0.05) is 50.4 Å². The standard InChI is InChI=1S/C17H25N3O3/c1-11-9-20(13-4-6-22-7-5-13)10-15(11)18-17(21)14-8-16(23-19-14)12-2-3-12/h8,11-13,15H,2-7,9-10H2,1H3,(H,18,21). The molecule has 23 heavy (non-hydrogen) atoms. The highest BCUT2D eigenvalue weighted by molar-refractivity contribution is 5.92. The van der Waals surface area contributed by atoms with Crippen LogP contribution in [0.5, 0.6) is 0 Å². The number of likely N-dealkylation sites (tertiary alicyclic amines) is 1. The molecule has 6 nitrogen and oxygen atoms in total. The first-order chi connectivity index (χ1) is 11.2. The summed E-state index contributed by atoms with van der Waals surface area (Å²) in [4.78, 5) is 14.9. The van der Waals surface area contributed by atoms with Crippen LogP contribution in [0.15, 0.2) is 10.6 Å². The molecule has 1 saturated carbocycles. The zero-order valence-corrected chi connectivity index (χ0v) is 13.7. The average Bonchev–Trinajstić information content (AvgIpc) is 3.18. The molecular weight excluding hydrogens is 294 g/mol. The van der Waals surface area contributed by atoms with Crippen LogP contribution in [0.4, 0.5) is 0 Å². The van der Waals surface area contributed by atoms with Crippen molar-refractivity contribution >= 4 is 5.91 Å². The van der Waals surface area contributed by atoms with Gasteiger partial charge in [-0.2, -0.15) is 0 Å². The summed E-state index contributed by atoms with van der Waals surface area (Å²) >= 11 is 0. The number of carbonyl (C=O) groups is 1. The molecule has 0 bridgehead atoms. The van der Waals surface area contributed by atoms with E-state index in [-0.39, 0.29) is 11.9 Å². The van der Waals surface area contributed by atoms with Gasteiger partial charge >= 0.3 is 0 Å². The minimum atomic E-state index is -0.105. The SMILES string of the molecule is CC1CN(C2CCOCC2)CC1NC(=O)c1cc(C2CC2)on1. The molecule has 6 heteroatoms. The molecule has 1 N–H and O–H groups in total. The van der Waals surface area contributed by atoms with Crippen molar-refractivity contribution in [2.24, 2.45) is 5.92 Å². The number of ether oxygens (including phenoxy) is 1. The second-order valence-electron chi connectivity index (χ2n) is 7.24. The van der Waals surface area contributed by atoms with Crippen LogP contribution in [-0.4, -0.2) is 54.4 Å². The molecule has 3 fully saturated rings. The molecule has 0 aromatic carbocycles. The minimum Gasteiger partial charge on any atom is -0.381 e. The average molecular weight is 319 g/mol. The summed E-state index contributed by atoms with van der Waals surface area (Å²) in [6.45, 7) is 5.89. The molecule has 1 aromatic rings. The first-order valence-corrected chi connectivity index (χ1v) is 8.80. The maximum Gasteiger partial charge on any atom is 0.273 e. The van der Waals surface area contributed by atoms with Crippen LogP contribution in [0.2, 0.25) is 0 Å². The zero-order valence-electron chi connectivity index (χ0n) is 13.7. The maximum atomic E-state index is 12.4. The van der Waals surface area contributed by atoms with Gasteiger partial charge in [0.1, 0.15) is 5.76 Å². The Morgan fingerprint density at radius 3 is 2.78 bits per heavy atom. The normalized spacial score (nSPS) is 29.8. The topological polar surface area (TPSA) is 67.6 Å². The third-order valence-electron chi connectivity index (χ3n) is 5.41. The van der Waals surface area contributed by atoms with E-state index in [9.17, 15) is 4.79 Å². The smallest absolute Gasteiger partial charge is 0.273 e. The van der Waals surface area contributed by atoms with Crippen LogP contribution in [0.3, 0.4) is 0 Å². The Morgan fingerprint density at radius 2 is 2.04 bits per heavy atom. The number of carbonyl (C=O) groups excluding carboxylic acids is 1. The minimum absolute atomic E-state index is 0.105. The van der Waals surface area contributed by atoms with Crippen LogP contribution in [-0.2, 0) is 4.74 Å². The van der Waals surface area contributed by atoms with Crippen molar-refractivity contribution in [3.63, 3.8) is 0 Å². The number of rotatable bonds is 4. The van der Waals surface area contributed by atoms with Crippen molar-refractivity contribution in [3.05, 3.63) is 17.5 Å². The molecule has 2 atom stereocenters. The van der Waals surface area contributed by atoms with Gasteiger partial charge in [-0.3, -0.25) is 9.69 Å². The summed E-state index contributed by atoms with van der Waals surface area (Å²) in [5.74, 6) is 1.69. The molecule has 1 aromatic heterocycles. The van der Waals surface area contributed by atoms with Crippen LogP contribution in [0.25, 0.3) is 0 Å². The molecule has 3 aliphatic rings. The summed E-state index contributed by atoms with van der Waals surface area (Å²) in [7, 11) is 0. The Labute approximate surface area is 136 Å². The van der Waals surface area contributed by atoms with Gasteiger partial charge in [-0.05, 0) is 31.6 Å². The lowest BCUT2D eigenvalue weighted by molar-refractivity contribution is 0.0408. The molecule has 0 radical (unpaired) electrons. The Kier molecular flexibility index (Phi) is 4.11. The van der Waals surface area contributed by atoms with Gasteiger partial charge in [-0.1, -0.05) is 12.1 Å². The Bertz CT molecular complexity index is 563. The molecule has 1 aliphatic carbocycles. The molecule has 4 rings (SSSR count). The number of hydrogen-bond donors (Lipinski definition) is 1. The summed E-state index contributed by atoms with van der Waals surface area (Å²) in [6, 6.07) is 2.59. The van der Waals surface area contributed by atoms with E-state index in [1.807, 2.05) is 6.07 Å². The highest BCUT2D eigenvalue weighted by Crippen LogP contribution is 2.40. The van der Waals surface area contributed by atoms with Gasteiger partial charge in [0.05, 0.1) is 0 Å². The van der Waals surface area contributed by atoms with E-state index in [2.05, 4.69) is 22.3 Å². The third kappa shape index (κ3) is 3.28. The maximum absolute atomic E-state index is 12.4. The van der Waals surface area contributed by atoms with Crippen molar-refractivity contribution in [2.75, 3.05) is 26.3 Å². The molecule has 3 heterocycles. The molecule has 2 aliphatic heterocycles. The number of nitrogens with zero attached hydrogens (tertiary/aromatic N) is 2. The van der Waals surface area contributed by atoms with E-state index in [1.165, 1.54) is 0 Å². The number of aromatic nitrogens is 1. The van der Waals surface area contributed by atoms with Crippen LogP contribution < -0.4 is 5.32 Å². The fourth-order valence-corrected chi connectivity index (χ4v) is 3.74. The van der Waals surface area contributed by atoms with Gasteiger partial charge in [0.15, 0.2) is 5.69 Å². The van der Waals surface area contributed by atoms with E-state index in [1.54, 1.807) is 0 Å². The van der Waals surface area contributed by atoms with Gasteiger partial charge in [0.2, 0.25) is 0 Å². The molecular formula is C17H25N3O3. The van der Waals surface area contributed by atoms with E-state index in [0.717, 1.165) is 57.7 Å². The van der Waals surface area contributed by atoms with E-state index in [4.69, 9.17) is 9.26 Å². The largest absolute Gasteiger partial charge is 0.381 e. The first-order valence-electron chi connectivity index (χ1n) is 8.80. The van der Waals surface area contributed by atoms with Crippen LogP contribution in [0.1, 0.15) is 54.8 Å². The Balaban J connectivity index is 1.34. The van der Waals surface area contributed by atoms with Gasteiger partial charge in [-0.25, -0.2) is 0 Å². The van der Waals surface area contributed by atoms with E-state index < -0.39 is 0 Å². The van der Waals surface area contributed by atoms with Gasteiger partial charge in [-0.15, -0.1) is 0 Å². The second kappa shape index (κ2) is 6.24. The molecule has 1 amide bonds. The quantitative estimate of drug-likeness (QED) is 0.916. The van der Waals surface area contributed by atoms with Crippen molar-refractivity contribution < 1.29 is 14.1 Å². The lowest BCUT2D eigenvalue weighted by atomic mass is 10.1. The molecule has 126 valence electrons. The molecule has 2 unspecified atom stereocenters. The fraction of sp³-hybridized carbons (Fsp3) is 0.765. The molecule has 2 saturated heterocycles. The van der Waals surface area contributed by atoms with E-state index >= 15 is 0 Å². The summed E-state index contributed by atoms with van der Waals surface area (Å²) in [5.41, 5.74) is 0.420. The Morgan fingerprint density at radius 1 is 1.26 bits per heavy atom. The van der Waals surface area contributed by atoms with E-state index in [0.29, 0.717) is 23.6 Å². The van der Waals surface area contributed by atoms with Crippen molar-refractivity contribution in [3.8, 4) is 0 Å². The predicted octanol–water partition coefficient (Wildman–Crippen LogP) is 1.78. The predicted molar refractivity (Wildman–Crippen MR) is 84.3 cm³/mol. The monoisotopic (exact) mass is 319 g/mol. The second-order valence-corrected chi connectivity index (χ2v) is 7.24. The zero-order chi connectivity index (χ0) is 15.8. The van der Waals surface area contributed by atoms with Gasteiger partial charge in [0.25, 0.3) is 5.91 Å². The first kappa shape index (κ1) is 15.1. The highest BCUT2D eigenvalue weighted by Gasteiger charge is 2.36. The molecule has 0 spiro atoms. The van der Waals surface area contributed by atoms with Crippen molar-refractivity contribution in [1.82, 2.24) is 15.4 Å². The number of nitrogens with one attached hydrogen (secondary N) is 1. The van der Waals surface area contributed by atoms with Crippen molar-refractivity contribution in [1.29, 1.82) is 0 Å². The van der Waals surface area contributed by atoms with Crippen LogP contribution >= 0.6 is 0 Å². The van der Waals surface area contributed by atoms with Gasteiger partial charge < -0.3 is 14.6 Å².